The van der Waals surface area contributed by atoms with Crippen molar-refractivity contribution in [3.63, 3.8) is 0 Å². The Bertz CT molecular complexity index is 1000. The topological polar surface area (TPSA) is 76.2 Å². The molecule has 0 bridgehead atoms. The van der Waals surface area contributed by atoms with Crippen LogP contribution >= 0.6 is 0 Å². The lowest BCUT2D eigenvalue weighted by atomic mass is 10.1. The van der Waals surface area contributed by atoms with Gasteiger partial charge in [-0.1, -0.05) is 0 Å². The number of halogens is 2. The third-order valence-electron chi connectivity index (χ3n) is 4.56. The smallest absolute Gasteiger partial charge is 0.387 e. The highest BCUT2D eigenvalue weighted by molar-refractivity contribution is 5.95. The molecule has 1 aliphatic heterocycles. The van der Waals surface area contributed by atoms with Crippen LogP contribution in [-0.4, -0.2) is 47.2 Å². The number of benzene rings is 1. The highest BCUT2D eigenvalue weighted by Crippen LogP contribution is 2.33. The first-order valence-electron chi connectivity index (χ1n) is 8.75. The summed E-state index contributed by atoms with van der Waals surface area (Å²) in [5.74, 6) is 0.0296. The van der Waals surface area contributed by atoms with Gasteiger partial charge in [-0.25, -0.2) is 0 Å². The molecule has 1 unspecified atom stereocenters. The van der Waals surface area contributed by atoms with E-state index in [4.69, 9.17) is 4.74 Å². The van der Waals surface area contributed by atoms with Crippen molar-refractivity contribution in [1.82, 2.24) is 14.8 Å². The molecule has 0 amide bonds. The molecular formula is C19H17F2N5O2. The minimum absolute atomic E-state index is 0.0296. The maximum absolute atomic E-state index is 12.6. The Morgan fingerprint density at radius 2 is 2.29 bits per heavy atom. The molecule has 4 rings (SSSR count). The number of pyridine rings is 1. The Kier molecular flexibility index (Phi) is 5.04. The van der Waals surface area contributed by atoms with Crippen LogP contribution in [0.3, 0.4) is 0 Å². The van der Waals surface area contributed by atoms with Gasteiger partial charge in [0.25, 0.3) is 0 Å². The number of nitrogens with zero attached hydrogens (tertiary/aromatic N) is 5. The van der Waals surface area contributed by atoms with Gasteiger partial charge in [-0.3, -0.25) is 9.67 Å². The number of hydrogen-bond donors (Lipinski definition) is 0. The normalized spacial score (nSPS) is 17.1. The number of fused-ring (bicyclic) bond motifs is 1. The second-order valence-corrected chi connectivity index (χ2v) is 6.36. The molecule has 1 aromatic carbocycles. The van der Waals surface area contributed by atoms with Crippen molar-refractivity contribution >= 4 is 16.6 Å². The third-order valence-corrected chi connectivity index (χ3v) is 4.56. The molecule has 9 heteroatoms. The summed E-state index contributed by atoms with van der Waals surface area (Å²) in [4.78, 5) is 6.30. The number of alkyl halides is 2. The zero-order valence-electron chi connectivity index (χ0n) is 14.8. The van der Waals surface area contributed by atoms with E-state index in [0.717, 1.165) is 0 Å². The molecule has 7 nitrogen and oxygen atoms in total. The van der Waals surface area contributed by atoms with E-state index in [1.807, 2.05) is 17.2 Å². The van der Waals surface area contributed by atoms with E-state index in [1.54, 1.807) is 16.9 Å². The first-order valence-corrected chi connectivity index (χ1v) is 8.75. The maximum atomic E-state index is 12.6. The molecule has 3 aromatic rings. The van der Waals surface area contributed by atoms with Crippen LogP contribution < -0.4 is 9.64 Å². The summed E-state index contributed by atoms with van der Waals surface area (Å²) in [7, 11) is 0. The molecule has 1 aliphatic rings. The van der Waals surface area contributed by atoms with E-state index in [9.17, 15) is 14.0 Å². The molecule has 0 saturated carbocycles. The van der Waals surface area contributed by atoms with E-state index in [1.165, 1.54) is 18.3 Å². The molecule has 1 fully saturated rings. The molecule has 2 aromatic heterocycles. The van der Waals surface area contributed by atoms with E-state index < -0.39 is 6.61 Å². The molecule has 1 atom stereocenters. The summed E-state index contributed by atoms with van der Waals surface area (Å²) < 4.78 is 37.4. The van der Waals surface area contributed by atoms with Crippen LogP contribution in [0.25, 0.3) is 10.9 Å². The SMILES string of the molecule is N#Cc1cnc2ccc(OC(F)F)cc2c1N1CCOC(Cn2cccn2)C1. The van der Waals surface area contributed by atoms with Crippen molar-refractivity contribution in [1.29, 1.82) is 5.26 Å². The van der Waals surface area contributed by atoms with Gasteiger partial charge in [-0.2, -0.15) is 19.1 Å². The van der Waals surface area contributed by atoms with E-state index in [0.29, 0.717) is 48.4 Å². The molecule has 0 spiro atoms. The van der Waals surface area contributed by atoms with Crippen LogP contribution in [0.2, 0.25) is 0 Å². The fraction of sp³-hybridized carbons (Fsp3) is 0.316. The van der Waals surface area contributed by atoms with Crippen LogP contribution in [0.1, 0.15) is 5.56 Å². The predicted octanol–water partition coefficient (Wildman–Crippen LogP) is 2.81. The Morgan fingerprint density at radius 1 is 1.39 bits per heavy atom. The van der Waals surface area contributed by atoms with Gasteiger partial charge in [-0.15, -0.1) is 0 Å². The third kappa shape index (κ3) is 3.73. The van der Waals surface area contributed by atoms with Gasteiger partial charge in [0.1, 0.15) is 11.8 Å². The lowest BCUT2D eigenvalue weighted by Crippen LogP contribution is -2.44. The predicted molar refractivity (Wildman–Crippen MR) is 97.3 cm³/mol. The first kappa shape index (κ1) is 18.1. The Balaban J connectivity index is 1.70. The van der Waals surface area contributed by atoms with Gasteiger partial charge in [0.15, 0.2) is 0 Å². The average molecular weight is 385 g/mol. The molecule has 0 aliphatic carbocycles. The fourth-order valence-corrected chi connectivity index (χ4v) is 3.41. The van der Waals surface area contributed by atoms with Gasteiger partial charge in [0, 0.05) is 37.1 Å². The highest BCUT2D eigenvalue weighted by Gasteiger charge is 2.25. The first-order chi connectivity index (χ1) is 13.6. The number of anilines is 1. The minimum Gasteiger partial charge on any atom is -0.435 e. The monoisotopic (exact) mass is 385 g/mol. The van der Waals surface area contributed by atoms with Crippen LogP contribution in [-0.2, 0) is 11.3 Å². The van der Waals surface area contributed by atoms with E-state index >= 15 is 0 Å². The quantitative estimate of drug-likeness (QED) is 0.672. The lowest BCUT2D eigenvalue weighted by Gasteiger charge is -2.35. The van der Waals surface area contributed by atoms with Crippen molar-refractivity contribution in [3.8, 4) is 11.8 Å². The number of hydrogen-bond acceptors (Lipinski definition) is 6. The van der Waals surface area contributed by atoms with Crippen molar-refractivity contribution in [2.24, 2.45) is 0 Å². The summed E-state index contributed by atoms with van der Waals surface area (Å²) >= 11 is 0. The van der Waals surface area contributed by atoms with Crippen molar-refractivity contribution in [2.75, 3.05) is 24.6 Å². The molecule has 0 radical (unpaired) electrons. The largest absolute Gasteiger partial charge is 0.435 e. The van der Waals surface area contributed by atoms with Crippen molar-refractivity contribution in [3.05, 3.63) is 48.4 Å². The second kappa shape index (κ2) is 7.78. The van der Waals surface area contributed by atoms with E-state index in [-0.39, 0.29) is 11.9 Å². The van der Waals surface area contributed by atoms with Crippen LogP contribution in [0, 0.1) is 11.3 Å². The number of rotatable bonds is 5. The molecule has 28 heavy (non-hydrogen) atoms. The maximum Gasteiger partial charge on any atom is 0.387 e. The highest BCUT2D eigenvalue weighted by atomic mass is 19.3. The van der Waals surface area contributed by atoms with Crippen LogP contribution in [0.4, 0.5) is 14.5 Å². The lowest BCUT2D eigenvalue weighted by molar-refractivity contribution is -0.0497. The van der Waals surface area contributed by atoms with Crippen molar-refractivity contribution in [2.45, 2.75) is 19.3 Å². The molecule has 1 saturated heterocycles. The van der Waals surface area contributed by atoms with Gasteiger partial charge in [-0.05, 0) is 24.3 Å². The van der Waals surface area contributed by atoms with Gasteiger partial charge in [0.2, 0.25) is 0 Å². The standard InChI is InChI=1S/C19H17F2N5O2/c20-19(21)28-14-2-3-17-16(8-14)18(13(9-22)10-23-17)25-6-7-27-15(11-25)12-26-5-1-4-24-26/h1-5,8,10,15,19H,6-7,11-12H2. The average Bonchev–Trinajstić information content (AvgIpc) is 3.19. The second-order valence-electron chi connectivity index (χ2n) is 6.36. The summed E-state index contributed by atoms with van der Waals surface area (Å²) in [5, 5.41) is 14.4. The summed E-state index contributed by atoms with van der Waals surface area (Å²) in [6.45, 7) is -0.756. The summed E-state index contributed by atoms with van der Waals surface area (Å²) in [5.41, 5.74) is 1.63. The minimum atomic E-state index is -2.92. The summed E-state index contributed by atoms with van der Waals surface area (Å²) in [6.07, 6.45) is 4.95. The summed E-state index contributed by atoms with van der Waals surface area (Å²) in [6, 6.07) is 8.55. The molecule has 3 heterocycles. The number of morpholine rings is 1. The van der Waals surface area contributed by atoms with Gasteiger partial charge >= 0.3 is 6.61 Å². The number of ether oxygens (including phenoxy) is 2. The molecule has 0 N–H and O–H groups in total. The Hall–Kier alpha value is -3.25. The fourth-order valence-electron chi connectivity index (χ4n) is 3.41. The molecular weight excluding hydrogens is 368 g/mol. The van der Waals surface area contributed by atoms with Gasteiger partial charge < -0.3 is 14.4 Å². The zero-order valence-corrected chi connectivity index (χ0v) is 14.8. The Labute approximate surface area is 159 Å². The zero-order chi connectivity index (χ0) is 19.5. The van der Waals surface area contributed by atoms with E-state index in [2.05, 4.69) is 20.9 Å². The number of nitriles is 1. The van der Waals surface area contributed by atoms with Crippen LogP contribution in [0.15, 0.2) is 42.9 Å². The van der Waals surface area contributed by atoms with Crippen LogP contribution in [0.5, 0.6) is 5.75 Å². The van der Waals surface area contributed by atoms with Gasteiger partial charge in [0.05, 0.1) is 36.0 Å². The van der Waals surface area contributed by atoms with Crippen molar-refractivity contribution < 1.29 is 18.3 Å². The molecule has 144 valence electrons. The number of aromatic nitrogens is 3. The Morgan fingerprint density at radius 3 is 3.04 bits per heavy atom.